The average molecular weight is 142 g/mol. The van der Waals surface area contributed by atoms with E-state index in [0.29, 0.717) is 5.92 Å². The van der Waals surface area contributed by atoms with Crippen molar-refractivity contribution in [3.63, 3.8) is 0 Å². The van der Waals surface area contributed by atoms with Crippen LogP contribution in [0.3, 0.4) is 0 Å². The van der Waals surface area contributed by atoms with E-state index < -0.39 is 0 Å². The van der Waals surface area contributed by atoms with Gasteiger partial charge in [0, 0.05) is 12.5 Å². The van der Waals surface area contributed by atoms with E-state index in [0.717, 1.165) is 0 Å². The van der Waals surface area contributed by atoms with Gasteiger partial charge in [-0.2, -0.15) is 0 Å². The summed E-state index contributed by atoms with van der Waals surface area (Å²) in [6.07, 6.45) is 1.54. The van der Waals surface area contributed by atoms with Crippen LogP contribution in [0.15, 0.2) is 0 Å². The SMILES string of the molecule is C[CH]C(=O)NC(C)C(C)C. The molecule has 1 N–H and O–H groups in total. The van der Waals surface area contributed by atoms with Gasteiger partial charge in [0.25, 0.3) is 0 Å². The summed E-state index contributed by atoms with van der Waals surface area (Å²) in [5.74, 6) is 0.519. The minimum atomic E-state index is 0.0150. The monoisotopic (exact) mass is 142 g/mol. The van der Waals surface area contributed by atoms with E-state index in [4.69, 9.17) is 0 Å². The third-order valence-corrected chi connectivity index (χ3v) is 1.63. The standard InChI is InChI=1S/C8H16NO/c1-5-8(10)9-7(4)6(2)3/h5-7H,1-4H3,(H,9,10). The Bertz CT molecular complexity index is 110. The normalized spacial score (nSPS) is 13.3. The Hall–Kier alpha value is -0.530. The molecular formula is C8H16NO. The van der Waals surface area contributed by atoms with Gasteiger partial charge in [-0.3, -0.25) is 4.79 Å². The zero-order chi connectivity index (χ0) is 8.15. The Labute approximate surface area is 63.0 Å². The average Bonchev–Trinajstić information content (AvgIpc) is 1.87. The van der Waals surface area contributed by atoms with Crippen molar-refractivity contribution in [2.75, 3.05) is 0 Å². The lowest BCUT2D eigenvalue weighted by atomic mass is 10.1. The minimum absolute atomic E-state index is 0.0150. The lowest BCUT2D eigenvalue weighted by molar-refractivity contribution is -0.118. The quantitative estimate of drug-likeness (QED) is 0.633. The predicted octanol–water partition coefficient (Wildman–Crippen LogP) is 1.37. The molecule has 0 saturated carbocycles. The highest BCUT2D eigenvalue weighted by atomic mass is 16.1. The molecule has 0 aliphatic rings. The smallest absolute Gasteiger partial charge is 0.223 e. The van der Waals surface area contributed by atoms with E-state index in [9.17, 15) is 4.79 Å². The van der Waals surface area contributed by atoms with Crippen molar-refractivity contribution in [2.45, 2.75) is 33.7 Å². The molecule has 0 aliphatic carbocycles. The molecule has 0 bridgehead atoms. The van der Waals surface area contributed by atoms with Crippen LogP contribution in [0.5, 0.6) is 0 Å². The van der Waals surface area contributed by atoms with Gasteiger partial charge in [0.05, 0.1) is 0 Å². The van der Waals surface area contributed by atoms with Gasteiger partial charge in [0.15, 0.2) is 0 Å². The molecule has 1 radical (unpaired) electrons. The Kier molecular flexibility index (Phi) is 4.08. The highest BCUT2D eigenvalue weighted by molar-refractivity contribution is 5.84. The lowest BCUT2D eigenvalue weighted by Gasteiger charge is -2.16. The Balaban J connectivity index is 3.57. The summed E-state index contributed by atoms with van der Waals surface area (Å²) in [6, 6.07) is 0.267. The molecular weight excluding hydrogens is 126 g/mol. The number of rotatable bonds is 3. The third kappa shape index (κ3) is 3.49. The van der Waals surface area contributed by atoms with Crippen LogP contribution in [0.25, 0.3) is 0 Å². The van der Waals surface area contributed by atoms with Crippen LogP contribution < -0.4 is 5.32 Å². The van der Waals surface area contributed by atoms with Gasteiger partial charge >= 0.3 is 0 Å². The lowest BCUT2D eigenvalue weighted by Crippen LogP contribution is -2.35. The maximum atomic E-state index is 10.8. The van der Waals surface area contributed by atoms with Crippen molar-refractivity contribution in [3.8, 4) is 0 Å². The molecule has 2 heteroatoms. The molecule has 59 valence electrons. The number of nitrogens with one attached hydrogen (secondary N) is 1. The predicted molar refractivity (Wildman–Crippen MR) is 42.4 cm³/mol. The molecule has 0 aliphatic heterocycles. The van der Waals surface area contributed by atoms with Crippen LogP contribution in [-0.2, 0) is 4.79 Å². The van der Waals surface area contributed by atoms with Crippen molar-refractivity contribution in [2.24, 2.45) is 5.92 Å². The molecule has 0 rings (SSSR count). The molecule has 0 heterocycles. The summed E-state index contributed by atoms with van der Waals surface area (Å²) in [4.78, 5) is 10.8. The Morgan fingerprint density at radius 2 is 1.90 bits per heavy atom. The van der Waals surface area contributed by atoms with Crippen LogP contribution in [0.1, 0.15) is 27.7 Å². The Morgan fingerprint density at radius 3 is 2.20 bits per heavy atom. The summed E-state index contributed by atoms with van der Waals surface area (Å²) in [6.45, 7) is 7.91. The van der Waals surface area contributed by atoms with Gasteiger partial charge in [-0.1, -0.05) is 20.8 Å². The molecule has 0 aromatic rings. The van der Waals surface area contributed by atoms with Gasteiger partial charge < -0.3 is 5.32 Å². The fourth-order valence-electron chi connectivity index (χ4n) is 0.474. The summed E-state index contributed by atoms with van der Waals surface area (Å²) < 4.78 is 0. The number of carbonyl (C=O) groups is 1. The minimum Gasteiger partial charge on any atom is -0.353 e. The molecule has 1 amide bonds. The molecule has 0 spiro atoms. The molecule has 1 atom stereocenters. The van der Waals surface area contributed by atoms with E-state index in [2.05, 4.69) is 19.2 Å². The fourth-order valence-corrected chi connectivity index (χ4v) is 0.474. The number of amides is 1. The largest absolute Gasteiger partial charge is 0.353 e. The van der Waals surface area contributed by atoms with Crippen molar-refractivity contribution >= 4 is 5.91 Å². The van der Waals surface area contributed by atoms with Crippen LogP contribution in [0.2, 0.25) is 0 Å². The van der Waals surface area contributed by atoms with Crippen LogP contribution in [-0.4, -0.2) is 11.9 Å². The van der Waals surface area contributed by atoms with Crippen LogP contribution >= 0.6 is 0 Å². The first-order valence-corrected chi connectivity index (χ1v) is 3.67. The number of carbonyl (C=O) groups excluding carboxylic acids is 1. The van der Waals surface area contributed by atoms with E-state index in [1.807, 2.05) is 6.92 Å². The van der Waals surface area contributed by atoms with Crippen LogP contribution in [0, 0.1) is 12.3 Å². The van der Waals surface area contributed by atoms with Crippen LogP contribution in [0.4, 0.5) is 0 Å². The highest BCUT2D eigenvalue weighted by Crippen LogP contribution is 1.99. The summed E-state index contributed by atoms with van der Waals surface area (Å²) >= 11 is 0. The second-order valence-corrected chi connectivity index (χ2v) is 2.83. The van der Waals surface area contributed by atoms with Crippen molar-refractivity contribution in [3.05, 3.63) is 6.42 Å². The zero-order valence-corrected chi connectivity index (χ0v) is 7.14. The topological polar surface area (TPSA) is 29.1 Å². The summed E-state index contributed by atoms with van der Waals surface area (Å²) in [7, 11) is 0. The first kappa shape index (κ1) is 9.47. The molecule has 10 heavy (non-hydrogen) atoms. The van der Waals surface area contributed by atoms with Gasteiger partial charge in [-0.05, 0) is 12.8 Å². The first-order chi connectivity index (χ1) is 4.57. The van der Waals surface area contributed by atoms with E-state index in [-0.39, 0.29) is 11.9 Å². The molecule has 0 saturated heterocycles. The first-order valence-electron chi connectivity index (χ1n) is 3.67. The van der Waals surface area contributed by atoms with E-state index in [1.165, 1.54) is 0 Å². The van der Waals surface area contributed by atoms with Crippen molar-refractivity contribution in [1.82, 2.24) is 5.32 Å². The van der Waals surface area contributed by atoms with Gasteiger partial charge in [0.2, 0.25) is 5.91 Å². The molecule has 1 unspecified atom stereocenters. The maximum absolute atomic E-state index is 10.8. The molecule has 0 fully saturated rings. The maximum Gasteiger partial charge on any atom is 0.223 e. The summed E-state index contributed by atoms with van der Waals surface area (Å²) in [5.41, 5.74) is 0. The number of hydrogen-bond donors (Lipinski definition) is 1. The van der Waals surface area contributed by atoms with E-state index in [1.54, 1.807) is 13.3 Å². The van der Waals surface area contributed by atoms with Gasteiger partial charge in [-0.25, -0.2) is 0 Å². The van der Waals surface area contributed by atoms with Gasteiger partial charge in [0.1, 0.15) is 0 Å². The van der Waals surface area contributed by atoms with Gasteiger partial charge in [-0.15, -0.1) is 0 Å². The van der Waals surface area contributed by atoms with Crippen molar-refractivity contribution in [1.29, 1.82) is 0 Å². The molecule has 0 aromatic carbocycles. The molecule has 0 aromatic heterocycles. The molecule has 2 nitrogen and oxygen atoms in total. The zero-order valence-electron chi connectivity index (χ0n) is 7.14. The summed E-state index contributed by atoms with van der Waals surface area (Å²) in [5, 5.41) is 2.83. The number of hydrogen-bond acceptors (Lipinski definition) is 1. The third-order valence-electron chi connectivity index (χ3n) is 1.63. The fraction of sp³-hybridized carbons (Fsp3) is 0.750. The second kappa shape index (κ2) is 4.31. The Morgan fingerprint density at radius 1 is 1.40 bits per heavy atom. The van der Waals surface area contributed by atoms with E-state index >= 15 is 0 Å². The second-order valence-electron chi connectivity index (χ2n) is 2.83. The van der Waals surface area contributed by atoms with Crippen molar-refractivity contribution < 1.29 is 4.79 Å². The highest BCUT2D eigenvalue weighted by Gasteiger charge is 2.08.